The Labute approximate surface area is 127 Å². The maximum atomic E-state index is 11.2. The lowest BCUT2D eigenvalue weighted by atomic mass is 10.3. The van der Waals surface area contributed by atoms with Crippen molar-refractivity contribution in [3.8, 4) is 5.75 Å². The van der Waals surface area contributed by atoms with Gasteiger partial charge in [-0.1, -0.05) is 18.2 Å². The SMILES string of the molecule is CS(=O)(=O)CCN1CCN(CCOc2ccccc2)CC1. The molecule has 0 saturated carbocycles. The topological polar surface area (TPSA) is 49.9 Å². The van der Waals surface area contributed by atoms with Crippen LogP contribution in [-0.2, 0) is 9.84 Å². The van der Waals surface area contributed by atoms with E-state index in [2.05, 4.69) is 9.80 Å². The van der Waals surface area contributed by atoms with Gasteiger partial charge in [-0.2, -0.15) is 0 Å². The number of hydrogen-bond donors (Lipinski definition) is 0. The molecule has 1 aromatic carbocycles. The number of benzene rings is 1. The summed E-state index contributed by atoms with van der Waals surface area (Å²) in [6.07, 6.45) is 1.30. The normalized spacial score (nSPS) is 17.8. The lowest BCUT2D eigenvalue weighted by Crippen LogP contribution is -2.48. The third kappa shape index (κ3) is 6.46. The molecule has 0 bridgehead atoms. The lowest BCUT2D eigenvalue weighted by Gasteiger charge is -2.34. The highest BCUT2D eigenvalue weighted by Gasteiger charge is 2.17. The quantitative estimate of drug-likeness (QED) is 0.743. The van der Waals surface area contributed by atoms with Gasteiger partial charge in [0.2, 0.25) is 0 Å². The maximum Gasteiger partial charge on any atom is 0.148 e. The molecule has 118 valence electrons. The van der Waals surface area contributed by atoms with Crippen molar-refractivity contribution >= 4 is 9.84 Å². The number of para-hydroxylation sites is 1. The first-order valence-corrected chi connectivity index (χ1v) is 9.39. The monoisotopic (exact) mass is 312 g/mol. The average Bonchev–Trinajstić information content (AvgIpc) is 2.47. The highest BCUT2D eigenvalue weighted by Crippen LogP contribution is 2.08. The fourth-order valence-electron chi connectivity index (χ4n) is 2.34. The molecule has 6 heteroatoms. The minimum absolute atomic E-state index is 0.254. The van der Waals surface area contributed by atoms with Crippen molar-refractivity contribution in [2.75, 3.05) is 57.9 Å². The molecule has 0 aromatic heterocycles. The van der Waals surface area contributed by atoms with Crippen LogP contribution in [0.25, 0.3) is 0 Å². The molecule has 1 fully saturated rings. The summed E-state index contributed by atoms with van der Waals surface area (Å²) in [5.74, 6) is 1.16. The molecular formula is C15H24N2O3S. The van der Waals surface area contributed by atoms with E-state index in [-0.39, 0.29) is 5.75 Å². The molecule has 1 heterocycles. The summed E-state index contributed by atoms with van der Waals surface area (Å²) < 4.78 is 28.0. The van der Waals surface area contributed by atoms with Crippen LogP contribution in [0.3, 0.4) is 0 Å². The molecule has 0 radical (unpaired) electrons. The van der Waals surface area contributed by atoms with E-state index >= 15 is 0 Å². The lowest BCUT2D eigenvalue weighted by molar-refractivity contribution is 0.121. The van der Waals surface area contributed by atoms with Gasteiger partial charge in [0, 0.05) is 45.5 Å². The number of nitrogens with zero attached hydrogens (tertiary/aromatic N) is 2. The van der Waals surface area contributed by atoms with E-state index in [1.54, 1.807) is 0 Å². The van der Waals surface area contributed by atoms with Crippen molar-refractivity contribution < 1.29 is 13.2 Å². The Balaban J connectivity index is 1.61. The van der Waals surface area contributed by atoms with Gasteiger partial charge in [-0.05, 0) is 12.1 Å². The number of piperazine rings is 1. The molecule has 5 nitrogen and oxygen atoms in total. The van der Waals surface area contributed by atoms with Crippen molar-refractivity contribution in [2.45, 2.75) is 0 Å². The first-order valence-electron chi connectivity index (χ1n) is 7.33. The Morgan fingerprint density at radius 3 is 2.14 bits per heavy atom. The van der Waals surface area contributed by atoms with Crippen LogP contribution in [0, 0.1) is 0 Å². The maximum absolute atomic E-state index is 11.2. The second kappa shape index (κ2) is 7.77. The summed E-state index contributed by atoms with van der Waals surface area (Å²) in [6.45, 7) is 6.06. The predicted octanol–water partition coefficient (Wildman–Crippen LogP) is 0.728. The highest BCUT2D eigenvalue weighted by atomic mass is 32.2. The van der Waals surface area contributed by atoms with Gasteiger partial charge in [-0.15, -0.1) is 0 Å². The molecular weight excluding hydrogens is 288 g/mol. The van der Waals surface area contributed by atoms with Gasteiger partial charge in [-0.25, -0.2) is 8.42 Å². The summed E-state index contributed by atoms with van der Waals surface area (Å²) in [4.78, 5) is 4.58. The smallest absolute Gasteiger partial charge is 0.148 e. The van der Waals surface area contributed by atoms with Crippen molar-refractivity contribution in [1.29, 1.82) is 0 Å². The Kier molecular flexibility index (Phi) is 6.02. The number of sulfone groups is 1. The van der Waals surface area contributed by atoms with Crippen molar-refractivity contribution in [3.63, 3.8) is 0 Å². The summed E-state index contributed by atoms with van der Waals surface area (Å²) in [6, 6.07) is 9.83. The summed E-state index contributed by atoms with van der Waals surface area (Å²) >= 11 is 0. The molecule has 1 aliphatic rings. The molecule has 1 aromatic rings. The molecule has 21 heavy (non-hydrogen) atoms. The van der Waals surface area contributed by atoms with Crippen molar-refractivity contribution in [2.24, 2.45) is 0 Å². The zero-order valence-electron chi connectivity index (χ0n) is 12.6. The standard InChI is InChI=1S/C15H24N2O3S/c1-21(18,19)14-12-17-9-7-16(8-10-17)11-13-20-15-5-3-2-4-6-15/h2-6H,7-14H2,1H3. The number of hydrogen-bond acceptors (Lipinski definition) is 5. The van der Waals surface area contributed by atoms with Gasteiger partial charge in [0.15, 0.2) is 0 Å². The third-order valence-corrected chi connectivity index (χ3v) is 4.59. The second-order valence-corrected chi connectivity index (χ2v) is 7.73. The average molecular weight is 312 g/mol. The van der Waals surface area contributed by atoms with Crippen LogP contribution in [0.4, 0.5) is 0 Å². The van der Waals surface area contributed by atoms with E-state index in [1.807, 2.05) is 30.3 Å². The third-order valence-electron chi connectivity index (χ3n) is 3.66. The van der Waals surface area contributed by atoms with Crippen molar-refractivity contribution in [3.05, 3.63) is 30.3 Å². The fourth-order valence-corrected chi connectivity index (χ4v) is 2.93. The molecule has 0 amide bonds. The first kappa shape index (κ1) is 16.3. The molecule has 0 atom stereocenters. The van der Waals surface area contributed by atoms with Crippen molar-refractivity contribution in [1.82, 2.24) is 9.80 Å². The van der Waals surface area contributed by atoms with Gasteiger partial charge in [0.1, 0.15) is 22.2 Å². The van der Waals surface area contributed by atoms with Gasteiger partial charge in [0.05, 0.1) is 5.75 Å². The van der Waals surface area contributed by atoms with Crippen LogP contribution < -0.4 is 4.74 Å². The second-order valence-electron chi connectivity index (χ2n) is 5.47. The van der Waals surface area contributed by atoms with Gasteiger partial charge < -0.3 is 4.74 Å². The zero-order valence-corrected chi connectivity index (χ0v) is 13.4. The molecule has 1 saturated heterocycles. The minimum atomic E-state index is -2.86. The Morgan fingerprint density at radius 2 is 1.57 bits per heavy atom. The Hall–Kier alpha value is -1.11. The van der Waals surface area contributed by atoms with E-state index in [9.17, 15) is 8.42 Å². The first-order chi connectivity index (χ1) is 10.0. The van der Waals surface area contributed by atoms with Crippen LogP contribution in [0.1, 0.15) is 0 Å². The van der Waals surface area contributed by atoms with Crippen LogP contribution in [-0.4, -0.2) is 76.1 Å². The van der Waals surface area contributed by atoms with Gasteiger partial charge in [0.25, 0.3) is 0 Å². The Morgan fingerprint density at radius 1 is 1.00 bits per heavy atom. The molecule has 0 unspecified atom stereocenters. The van der Waals surface area contributed by atoms with Gasteiger partial charge >= 0.3 is 0 Å². The van der Waals surface area contributed by atoms with E-state index in [0.717, 1.165) is 38.5 Å². The Bertz CT molecular complexity index is 511. The summed E-state index contributed by atoms with van der Waals surface area (Å²) in [5, 5.41) is 0. The summed E-state index contributed by atoms with van der Waals surface area (Å²) in [7, 11) is -2.86. The van der Waals surface area contributed by atoms with E-state index in [1.165, 1.54) is 6.26 Å². The number of ether oxygens (including phenoxy) is 1. The van der Waals surface area contributed by atoms with Gasteiger partial charge in [-0.3, -0.25) is 9.80 Å². The molecule has 0 aliphatic carbocycles. The summed E-state index contributed by atoms with van der Waals surface area (Å²) in [5.41, 5.74) is 0. The van der Waals surface area contributed by atoms with Crippen LogP contribution >= 0.6 is 0 Å². The molecule has 0 N–H and O–H groups in total. The minimum Gasteiger partial charge on any atom is -0.492 e. The number of rotatable bonds is 7. The van der Waals surface area contributed by atoms with E-state index in [0.29, 0.717) is 13.2 Å². The van der Waals surface area contributed by atoms with E-state index < -0.39 is 9.84 Å². The van der Waals surface area contributed by atoms with Crippen LogP contribution in [0.5, 0.6) is 5.75 Å². The molecule has 2 rings (SSSR count). The predicted molar refractivity (Wildman–Crippen MR) is 84.5 cm³/mol. The molecule has 0 spiro atoms. The molecule has 1 aliphatic heterocycles. The van der Waals surface area contributed by atoms with Crippen LogP contribution in [0.2, 0.25) is 0 Å². The van der Waals surface area contributed by atoms with E-state index in [4.69, 9.17) is 4.74 Å². The largest absolute Gasteiger partial charge is 0.492 e. The van der Waals surface area contributed by atoms with Crippen LogP contribution in [0.15, 0.2) is 30.3 Å². The zero-order chi connectivity index (χ0) is 15.1. The fraction of sp³-hybridized carbons (Fsp3) is 0.600. The highest BCUT2D eigenvalue weighted by molar-refractivity contribution is 7.90.